The van der Waals surface area contributed by atoms with E-state index in [1.165, 1.54) is 26.4 Å². The molecule has 0 aliphatic heterocycles. The van der Waals surface area contributed by atoms with E-state index in [-0.39, 0.29) is 40.7 Å². The molecule has 0 saturated carbocycles. The molecule has 0 heterocycles. The second-order valence-corrected chi connectivity index (χ2v) is 7.29. The molecular formula is C25H24F2O5. The van der Waals surface area contributed by atoms with Crippen molar-refractivity contribution in [3.63, 3.8) is 0 Å². The Labute approximate surface area is 185 Å². The van der Waals surface area contributed by atoms with Crippen molar-refractivity contribution in [2.24, 2.45) is 0 Å². The van der Waals surface area contributed by atoms with Gasteiger partial charge in [0.25, 0.3) is 0 Å². The van der Waals surface area contributed by atoms with Crippen LogP contribution in [0, 0.1) is 11.6 Å². The van der Waals surface area contributed by atoms with Crippen molar-refractivity contribution in [3.05, 3.63) is 65.7 Å². The molecule has 0 spiro atoms. The summed E-state index contributed by atoms with van der Waals surface area (Å²) in [6.07, 6.45) is 1.70. The van der Waals surface area contributed by atoms with Crippen molar-refractivity contribution in [2.75, 3.05) is 20.8 Å². The van der Waals surface area contributed by atoms with Crippen molar-refractivity contribution in [1.82, 2.24) is 0 Å². The van der Waals surface area contributed by atoms with Crippen LogP contribution in [0.2, 0.25) is 0 Å². The van der Waals surface area contributed by atoms with Crippen molar-refractivity contribution in [3.8, 4) is 51.0 Å². The lowest BCUT2D eigenvalue weighted by Gasteiger charge is -2.18. The molecular weight excluding hydrogens is 418 g/mol. The number of hydrogen-bond donors (Lipinski definition) is 2. The van der Waals surface area contributed by atoms with Gasteiger partial charge < -0.3 is 24.4 Å². The maximum Gasteiger partial charge on any atom is 0.191 e. The van der Waals surface area contributed by atoms with Gasteiger partial charge in [0.1, 0.15) is 18.1 Å². The van der Waals surface area contributed by atoms with Gasteiger partial charge in [-0.3, -0.25) is 0 Å². The van der Waals surface area contributed by atoms with Crippen molar-refractivity contribution < 1.29 is 33.2 Å². The number of halogens is 2. The molecule has 0 atom stereocenters. The zero-order valence-corrected chi connectivity index (χ0v) is 18.2. The number of phenols is 2. The summed E-state index contributed by atoms with van der Waals surface area (Å²) in [4.78, 5) is 0. The van der Waals surface area contributed by atoms with Crippen LogP contribution in [0.4, 0.5) is 8.78 Å². The Morgan fingerprint density at radius 2 is 1.50 bits per heavy atom. The second kappa shape index (κ2) is 9.60. The molecule has 5 nitrogen and oxygen atoms in total. The van der Waals surface area contributed by atoms with Gasteiger partial charge in [-0.2, -0.15) is 0 Å². The number of ether oxygens (including phenoxy) is 3. The van der Waals surface area contributed by atoms with E-state index >= 15 is 0 Å². The summed E-state index contributed by atoms with van der Waals surface area (Å²) < 4.78 is 45.4. The molecule has 3 rings (SSSR count). The SMILES string of the molecule is COc1cc(-c2ccc(O)cc2)c(OC)c(O)c1-c1cc(F)c(OCC=C(C)C)c(F)c1. The van der Waals surface area contributed by atoms with Crippen LogP contribution in [0.15, 0.2) is 54.1 Å². The monoisotopic (exact) mass is 442 g/mol. The summed E-state index contributed by atoms with van der Waals surface area (Å²) in [5, 5.41) is 20.5. The van der Waals surface area contributed by atoms with Crippen LogP contribution >= 0.6 is 0 Å². The van der Waals surface area contributed by atoms with Crippen LogP contribution in [0.25, 0.3) is 22.3 Å². The van der Waals surface area contributed by atoms with Crippen LogP contribution < -0.4 is 14.2 Å². The normalized spacial score (nSPS) is 10.6. The molecule has 2 N–H and O–H groups in total. The summed E-state index contributed by atoms with van der Waals surface area (Å²) in [5.74, 6) is -2.31. The Morgan fingerprint density at radius 1 is 0.875 bits per heavy atom. The molecule has 0 saturated heterocycles. The molecule has 0 unspecified atom stereocenters. The Hall–Kier alpha value is -3.74. The predicted octanol–water partition coefficient (Wildman–Crippen LogP) is 6.07. The molecule has 0 aromatic heterocycles. The van der Waals surface area contributed by atoms with E-state index in [0.717, 1.165) is 17.7 Å². The fourth-order valence-electron chi connectivity index (χ4n) is 3.26. The third-order valence-corrected chi connectivity index (χ3v) is 4.83. The highest BCUT2D eigenvalue weighted by Crippen LogP contribution is 2.50. The Kier molecular flexibility index (Phi) is 6.88. The highest BCUT2D eigenvalue weighted by atomic mass is 19.1. The van der Waals surface area contributed by atoms with Crippen molar-refractivity contribution in [2.45, 2.75) is 13.8 Å². The van der Waals surface area contributed by atoms with E-state index < -0.39 is 17.4 Å². The van der Waals surface area contributed by atoms with Gasteiger partial charge in [0.05, 0.1) is 19.8 Å². The zero-order chi connectivity index (χ0) is 23.4. The van der Waals surface area contributed by atoms with Gasteiger partial charge in [-0.15, -0.1) is 0 Å². The average Bonchev–Trinajstić information content (AvgIpc) is 2.75. The fraction of sp³-hybridized carbons (Fsp3) is 0.200. The lowest BCUT2D eigenvalue weighted by atomic mass is 9.96. The molecule has 3 aromatic rings. The first-order chi connectivity index (χ1) is 15.3. The summed E-state index contributed by atoms with van der Waals surface area (Å²) in [6, 6.07) is 9.99. The molecule has 3 aromatic carbocycles. The number of phenolic OH excluding ortho intramolecular Hbond substituents is 2. The summed E-state index contributed by atoms with van der Waals surface area (Å²) >= 11 is 0. The Balaban J connectivity index is 2.13. The second-order valence-electron chi connectivity index (χ2n) is 7.29. The first kappa shape index (κ1) is 22.9. The van der Waals surface area contributed by atoms with Gasteiger partial charge in [0.2, 0.25) is 0 Å². The zero-order valence-electron chi connectivity index (χ0n) is 18.2. The van der Waals surface area contributed by atoms with Gasteiger partial charge in [-0.25, -0.2) is 8.78 Å². The molecule has 0 radical (unpaired) electrons. The van der Waals surface area contributed by atoms with Gasteiger partial charge in [-0.05, 0) is 61.4 Å². The number of allylic oxidation sites excluding steroid dienone is 1. The van der Waals surface area contributed by atoms with Gasteiger partial charge in [0, 0.05) is 5.56 Å². The van der Waals surface area contributed by atoms with Crippen LogP contribution in [0.1, 0.15) is 13.8 Å². The smallest absolute Gasteiger partial charge is 0.191 e. The van der Waals surface area contributed by atoms with E-state index in [4.69, 9.17) is 14.2 Å². The minimum absolute atomic E-state index is 0.0270. The van der Waals surface area contributed by atoms with E-state index in [0.29, 0.717) is 11.1 Å². The first-order valence-corrected chi connectivity index (χ1v) is 9.79. The molecule has 0 fully saturated rings. The van der Waals surface area contributed by atoms with Crippen LogP contribution in [-0.4, -0.2) is 31.0 Å². The number of benzene rings is 3. The van der Waals surface area contributed by atoms with Gasteiger partial charge >= 0.3 is 0 Å². The Morgan fingerprint density at radius 3 is 2.03 bits per heavy atom. The number of methoxy groups -OCH3 is 2. The number of hydrogen-bond acceptors (Lipinski definition) is 5. The van der Waals surface area contributed by atoms with Gasteiger partial charge in [-0.1, -0.05) is 17.7 Å². The standard InChI is InChI=1S/C25H24F2O5/c1-14(2)9-10-32-25-19(26)11-16(12-20(25)27)22-21(30-3)13-18(24(31-4)23(22)29)15-5-7-17(28)8-6-15/h5-9,11-13,28-29H,10H2,1-4H3. The lowest BCUT2D eigenvalue weighted by Crippen LogP contribution is -2.01. The third-order valence-electron chi connectivity index (χ3n) is 4.83. The number of rotatable bonds is 7. The average molecular weight is 442 g/mol. The highest BCUT2D eigenvalue weighted by molar-refractivity contribution is 5.87. The molecule has 32 heavy (non-hydrogen) atoms. The third kappa shape index (κ3) is 4.61. The van der Waals surface area contributed by atoms with E-state index in [2.05, 4.69) is 0 Å². The minimum Gasteiger partial charge on any atom is -0.508 e. The summed E-state index contributed by atoms with van der Waals surface area (Å²) in [5.41, 5.74) is 2.20. The topological polar surface area (TPSA) is 68.2 Å². The molecule has 7 heteroatoms. The van der Waals surface area contributed by atoms with Crippen LogP contribution in [0.3, 0.4) is 0 Å². The molecule has 0 aliphatic carbocycles. The number of aromatic hydroxyl groups is 2. The predicted molar refractivity (Wildman–Crippen MR) is 119 cm³/mol. The molecule has 0 aliphatic rings. The molecule has 0 amide bonds. The maximum atomic E-state index is 14.7. The van der Waals surface area contributed by atoms with E-state index in [9.17, 15) is 19.0 Å². The minimum atomic E-state index is -0.912. The fourth-order valence-corrected chi connectivity index (χ4v) is 3.26. The first-order valence-electron chi connectivity index (χ1n) is 9.79. The van der Waals surface area contributed by atoms with Crippen molar-refractivity contribution in [1.29, 1.82) is 0 Å². The van der Waals surface area contributed by atoms with Crippen LogP contribution in [-0.2, 0) is 0 Å². The molecule has 168 valence electrons. The summed E-state index contributed by atoms with van der Waals surface area (Å²) in [6.45, 7) is 3.73. The van der Waals surface area contributed by atoms with E-state index in [1.54, 1.807) is 24.3 Å². The van der Waals surface area contributed by atoms with Crippen molar-refractivity contribution >= 4 is 0 Å². The maximum absolute atomic E-state index is 14.7. The Bertz CT molecular complexity index is 1130. The largest absolute Gasteiger partial charge is 0.508 e. The molecule has 0 bridgehead atoms. The quantitative estimate of drug-likeness (QED) is 0.435. The summed E-state index contributed by atoms with van der Waals surface area (Å²) in [7, 11) is 2.76. The highest BCUT2D eigenvalue weighted by Gasteiger charge is 2.24. The van der Waals surface area contributed by atoms with Crippen LogP contribution in [0.5, 0.6) is 28.7 Å². The van der Waals surface area contributed by atoms with E-state index in [1.807, 2.05) is 13.8 Å². The lowest BCUT2D eigenvalue weighted by molar-refractivity contribution is 0.320. The van der Waals surface area contributed by atoms with Gasteiger partial charge in [0.15, 0.2) is 28.9 Å².